The first-order valence-electron chi connectivity index (χ1n) is 6.25. The molecule has 1 aromatic carbocycles. The van der Waals surface area contributed by atoms with E-state index in [9.17, 15) is 4.79 Å². The SMILES string of the molecule is CCCN(CCOc1cccc(C)c1)CC(=O)O. The number of nitrogens with zero attached hydrogens (tertiary/aromatic N) is 1. The maximum Gasteiger partial charge on any atom is 0.317 e. The number of hydrogen-bond donors (Lipinski definition) is 1. The van der Waals surface area contributed by atoms with Crippen LogP contribution in [0, 0.1) is 6.92 Å². The number of hydrogen-bond acceptors (Lipinski definition) is 3. The highest BCUT2D eigenvalue weighted by molar-refractivity contribution is 5.69. The zero-order valence-corrected chi connectivity index (χ0v) is 11.1. The van der Waals surface area contributed by atoms with Gasteiger partial charge < -0.3 is 9.84 Å². The van der Waals surface area contributed by atoms with Gasteiger partial charge >= 0.3 is 5.97 Å². The standard InChI is InChI=1S/C14H21NO3/c1-3-7-15(11-14(16)17)8-9-18-13-6-4-5-12(2)10-13/h4-6,10H,3,7-9,11H2,1-2H3,(H,16,17). The minimum atomic E-state index is -0.793. The zero-order valence-electron chi connectivity index (χ0n) is 11.1. The second kappa shape index (κ2) is 7.71. The van der Waals surface area contributed by atoms with Crippen LogP contribution in [0.5, 0.6) is 5.75 Å². The molecule has 0 aromatic heterocycles. The summed E-state index contributed by atoms with van der Waals surface area (Å²) in [5.74, 6) is 0.0424. The highest BCUT2D eigenvalue weighted by Crippen LogP contribution is 2.12. The Morgan fingerprint density at radius 1 is 1.39 bits per heavy atom. The van der Waals surface area contributed by atoms with E-state index >= 15 is 0 Å². The fourth-order valence-electron chi connectivity index (χ4n) is 1.78. The van der Waals surface area contributed by atoms with Gasteiger partial charge in [0.15, 0.2) is 0 Å². The molecular weight excluding hydrogens is 230 g/mol. The lowest BCUT2D eigenvalue weighted by molar-refractivity contribution is -0.138. The third-order valence-corrected chi connectivity index (χ3v) is 2.56. The van der Waals surface area contributed by atoms with Crippen LogP contribution in [0.3, 0.4) is 0 Å². The third kappa shape index (κ3) is 5.68. The van der Waals surface area contributed by atoms with E-state index in [4.69, 9.17) is 9.84 Å². The number of carboxylic acid groups (broad SMARTS) is 1. The highest BCUT2D eigenvalue weighted by Gasteiger charge is 2.08. The van der Waals surface area contributed by atoms with Gasteiger partial charge in [-0.15, -0.1) is 0 Å². The summed E-state index contributed by atoms with van der Waals surface area (Å²) in [6.45, 7) is 6.05. The van der Waals surface area contributed by atoms with E-state index in [2.05, 4.69) is 0 Å². The molecule has 0 saturated carbocycles. The van der Waals surface area contributed by atoms with E-state index in [1.165, 1.54) is 0 Å². The van der Waals surface area contributed by atoms with Gasteiger partial charge in [0, 0.05) is 6.54 Å². The van der Waals surface area contributed by atoms with Gasteiger partial charge in [-0.25, -0.2) is 0 Å². The van der Waals surface area contributed by atoms with Gasteiger partial charge in [-0.2, -0.15) is 0 Å². The van der Waals surface area contributed by atoms with Crippen molar-refractivity contribution in [2.75, 3.05) is 26.2 Å². The van der Waals surface area contributed by atoms with E-state index in [-0.39, 0.29) is 6.54 Å². The molecular formula is C14H21NO3. The lowest BCUT2D eigenvalue weighted by atomic mass is 10.2. The number of carboxylic acids is 1. The summed E-state index contributed by atoms with van der Waals surface area (Å²) in [7, 11) is 0. The Kier molecular flexibility index (Phi) is 6.22. The molecule has 1 N–H and O–H groups in total. The first-order valence-corrected chi connectivity index (χ1v) is 6.25. The molecule has 18 heavy (non-hydrogen) atoms. The zero-order chi connectivity index (χ0) is 13.4. The molecule has 0 aliphatic heterocycles. The van der Waals surface area contributed by atoms with Gasteiger partial charge in [0.2, 0.25) is 0 Å². The molecule has 0 saturated heterocycles. The van der Waals surface area contributed by atoms with Crippen molar-refractivity contribution in [3.8, 4) is 5.75 Å². The average Bonchev–Trinajstić information content (AvgIpc) is 2.28. The largest absolute Gasteiger partial charge is 0.492 e. The van der Waals surface area contributed by atoms with E-state index in [0.29, 0.717) is 13.2 Å². The summed E-state index contributed by atoms with van der Waals surface area (Å²) >= 11 is 0. The van der Waals surface area contributed by atoms with Crippen molar-refractivity contribution in [2.45, 2.75) is 20.3 Å². The monoisotopic (exact) mass is 251 g/mol. The molecule has 1 rings (SSSR count). The Morgan fingerprint density at radius 3 is 2.78 bits per heavy atom. The summed E-state index contributed by atoms with van der Waals surface area (Å²) < 4.78 is 5.61. The number of carbonyl (C=O) groups is 1. The molecule has 0 aliphatic carbocycles. The molecule has 0 amide bonds. The molecule has 1 aromatic rings. The molecule has 4 heteroatoms. The molecule has 100 valence electrons. The van der Waals surface area contributed by atoms with Crippen LogP contribution in [-0.2, 0) is 4.79 Å². The summed E-state index contributed by atoms with van der Waals surface area (Å²) in [5.41, 5.74) is 1.16. The first-order chi connectivity index (χ1) is 8.61. The molecule has 0 spiro atoms. The predicted molar refractivity (Wildman–Crippen MR) is 71.0 cm³/mol. The Hall–Kier alpha value is -1.55. The van der Waals surface area contributed by atoms with E-state index in [0.717, 1.165) is 24.3 Å². The van der Waals surface area contributed by atoms with Crippen molar-refractivity contribution in [2.24, 2.45) is 0 Å². The van der Waals surface area contributed by atoms with Crippen LogP contribution in [0.25, 0.3) is 0 Å². The van der Waals surface area contributed by atoms with Crippen molar-refractivity contribution in [1.29, 1.82) is 0 Å². The van der Waals surface area contributed by atoms with Crippen molar-refractivity contribution < 1.29 is 14.6 Å². The lowest BCUT2D eigenvalue weighted by Crippen LogP contribution is -2.34. The van der Waals surface area contributed by atoms with Gasteiger partial charge in [0.25, 0.3) is 0 Å². The number of rotatable bonds is 8. The predicted octanol–water partition coefficient (Wildman–Crippen LogP) is 2.17. The Bertz CT molecular complexity index is 379. The summed E-state index contributed by atoms with van der Waals surface area (Å²) in [5, 5.41) is 8.78. The highest BCUT2D eigenvalue weighted by atomic mass is 16.5. The number of aliphatic carboxylic acids is 1. The Balaban J connectivity index is 2.36. The molecule has 0 heterocycles. The average molecular weight is 251 g/mol. The van der Waals surface area contributed by atoms with Crippen LogP contribution >= 0.6 is 0 Å². The van der Waals surface area contributed by atoms with E-state index < -0.39 is 5.97 Å². The minimum Gasteiger partial charge on any atom is -0.492 e. The van der Waals surface area contributed by atoms with Crippen LogP contribution in [0.15, 0.2) is 24.3 Å². The van der Waals surface area contributed by atoms with Gasteiger partial charge in [-0.1, -0.05) is 19.1 Å². The fraction of sp³-hybridized carbons (Fsp3) is 0.500. The smallest absolute Gasteiger partial charge is 0.317 e. The number of benzene rings is 1. The van der Waals surface area contributed by atoms with Gasteiger partial charge in [0.05, 0.1) is 6.54 Å². The molecule has 0 unspecified atom stereocenters. The van der Waals surface area contributed by atoms with Crippen molar-refractivity contribution in [3.63, 3.8) is 0 Å². The summed E-state index contributed by atoms with van der Waals surface area (Å²) in [6.07, 6.45) is 0.942. The fourth-order valence-corrected chi connectivity index (χ4v) is 1.78. The van der Waals surface area contributed by atoms with Crippen molar-refractivity contribution >= 4 is 5.97 Å². The molecule has 0 aliphatic rings. The Labute approximate surface area is 108 Å². The molecule has 0 atom stereocenters. The van der Waals surface area contributed by atoms with Gasteiger partial charge in [0.1, 0.15) is 12.4 Å². The minimum absolute atomic E-state index is 0.0744. The molecule has 4 nitrogen and oxygen atoms in total. The van der Waals surface area contributed by atoms with Crippen LogP contribution in [0.1, 0.15) is 18.9 Å². The topological polar surface area (TPSA) is 49.8 Å². The normalized spacial score (nSPS) is 10.6. The van der Waals surface area contributed by atoms with Crippen molar-refractivity contribution in [1.82, 2.24) is 4.90 Å². The van der Waals surface area contributed by atoms with Crippen LogP contribution in [0.4, 0.5) is 0 Å². The molecule has 0 fully saturated rings. The summed E-state index contributed by atoms with van der Waals surface area (Å²) in [4.78, 5) is 12.6. The molecule has 0 bridgehead atoms. The van der Waals surface area contributed by atoms with Gasteiger partial charge in [-0.3, -0.25) is 9.69 Å². The quantitative estimate of drug-likeness (QED) is 0.769. The molecule has 0 radical (unpaired) electrons. The third-order valence-electron chi connectivity index (χ3n) is 2.56. The lowest BCUT2D eigenvalue weighted by Gasteiger charge is -2.19. The van der Waals surface area contributed by atoms with Gasteiger partial charge in [-0.05, 0) is 37.6 Å². The maximum atomic E-state index is 10.7. The Morgan fingerprint density at radius 2 is 2.17 bits per heavy atom. The van der Waals surface area contributed by atoms with E-state index in [1.807, 2.05) is 43.0 Å². The first kappa shape index (κ1) is 14.5. The van der Waals surface area contributed by atoms with Crippen LogP contribution in [0.2, 0.25) is 0 Å². The van der Waals surface area contributed by atoms with E-state index in [1.54, 1.807) is 0 Å². The number of ether oxygens (including phenoxy) is 1. The van der Waals surface area contributed by atoms with Crippen LogP contribution < -0.4 is 4.74 Å². The van der Waals surface area contributed by atoms with Crippen LogP contribution in [-0.4, -0.2) is 42.2 Å². The number of aryl methyl sites for hydroxylation is 1. The maximum absolute atomic E-state index is 10.7. The second-order valence-electron chi connectivity index (χ2n) is 4.33. The second-order valence-corrected chi connectivity index (χ2v) is 4.33. The van der Waals surface area contributed by atoms with Crippen molar-refractivity contribution in [3.05, 3.63) is 29.8 Å². The summed E-state index contributed by atoms with van der Waals surface area (Å²) in [6, 6.07) is 7.85.